The molecule has 3 aromatic rings. The first-order valence-electron chi connectivity index (χ1n) is 7.91. The summed E-state index contributed by atoms with van der Waals surface area (Å²) in [5.74, 6) is 1.37. The van der Waals surface area contributed by atoms with Gasteiger partial charge in [-0.25, -0.2) is 4.98 Å². The Balaban J connectivity index is 1.83. The average molecular weight is 323 g/mol. The molecule has 0 radical (unpaired) electrons. The van der Waals surface area contributed by atoms with E-state index < -0.39 is 0 Å². The molecule has 1 amide bonds. The summed E-state index contributed by atoms with van der Waals surface area (Å²) in [7, 11) is 3.52. The van der Waals surface area contributed by atoms with Crippen LogP contribution in [0.4, 0.5) is 0 Å². The topological polar surface area (TPSA) is 58.4 Å². The monoisotopic (exact) mass is 323 g/mol. The van der Waals surface area contributed by atoms with Crippen LogP contribution in [0.5, 0.6) is 0 Å². The number of oxazole rings is 1. The van der Waals surface area contributed by atoms with Gasteiger partial charge in [-0.1, -0.05) is 30.3 Å². The molecule has 5 heteroatoms. The summed E-state index contributed by atoms with van der Waals surface area (Å²) in [5.41, 5.74) is 1.81. The van der Waals surface area contributed by atoms with Crippen LogP contribution >= 0.6 is 0 Å². The molecule has 0 aliphatic carbocycles. The van der Waals surface area contributed by atoms with Crippen LogP contribution in [0.2, 0.25) is 0 Å². The molecule has 1 N–H and O–H groups in total. The summed E-state index contributed by atoms with van der Waals surface area (Å²) in [5, 5.41) is 4.97. The molecule has 1 heterocycles. The minimum absolute atomic E-state index is 0.0200. The Kier molecular flexibility index (Phi) is 4.62. The molecule has 0 fully saturated rings. The van der Waals surface area contributed by atoms with Gasteiger partial charge in [0.1, 0.15) is 5.76 Å². The number of hydrogen-bond acceptors (Lipinski definition) is 4. The third-order valence-corrected chi connectivity index (χ3v) is 4.00. The van der Waals surface area contributed by atoms with Gasteiger partial charge in [0.05, 0.1) is 12.2 Å². The van der Waals surface area contributed by atoms with Crippen LogP contribution < -0.4 is 5.32 Å². The van der Waals surface area contributed by atoms with Gasteiger partial charge in [-0.15, -0.1) is 0 Å². The number of amides is 1. The molecule has 0 unspecified atom stereocenters. The molecular weight excluding hydrogens is 302 g/mol. The summed E-state index contributed by atoms with van der Waals surface area (Å²) < 4.78 is 5.84. The number of rotatable bonds is 5. The normalized spacial score (nSPS) is 11.2. The summed E-state index contributed by atoms with van der Waals surface area (Å²) in [6, 6.07) is 14.4. The number of likely N-dealkylation sites (N-methyl/N-ethyl adjacent to an activating group) is 2. The Morgan fingerprint density at radius 2 is 1.96 bits per heavy atom. The zero-order valence-corrected chi connectivity index (χ0v) is 14.2. The van der Waals surface area contributed by atoms with Crippen LogP contribution in [-0.2, 0) is 11.3 Å². The third kappa shape index (κ3) is 3.46. The molecule has 24 heavy (non-hydrogen) atoms. The van der Waals surface area contributed by atoms with Crippen LogP contribution in [0.25, 0.3) is 22.2 Å². The van der Waals surface area contributed by atoms with Gasteiger partial charge in [0.2, 0.25) is 11.8 Å². The summed E-state index contributed by atoms with van der Waals surface area (Å²) >= 11 is 0. The van der Waals surface area contributed by atoms with Crippen LogP contribution in [0.1, 0.15) is 11.5 Å². The lowest BCUT2D eigenvalue weighted by Gasteiger charge is -2.13. The van der Waals surface area contributed by atoms with Gasteiger partial charge in [-0.3, -0.25) is 9.69 Å². The number of benzene rings is 2. The molecule has 0 aliphatic rings. The van der Waals surface area contributed by atoms with E-state index in [1.165, 1.54) is 5.39 Å². The van der Waals surface area contributed by atoms with E-state index in [4.69, 9.17) is 4.42 Å². The fourth-order valence-electron chi connectivity index (χ4n) is 2.66. The molecule has 124 valence electrons. The smallest absolute Gasteiger partial charge is 0.233 e. The molecule has 0 saturated carbocycles. The number of carbonyl (C=O) groups excluding carboxylic acids is 1. The molecule has 3 rings (SSSR count). The fraction of sp³-hybridized carbons (Fsp3) is 0.263. The molecule has 2 aromatic carbocycles. The van der Waals surface area contributed by atoms with Crippen molar-refractivity contribution in [3.8, 4) is 11.5 Å². The zero-order valence-electron chi connectivity index (χ0n) is 14.2. The van der Waals surface area contributed by atoms with E-state index in [9.17, 15) is 4.79 Å². The van der Waals surface area contributed by atoms with Crippen molar-refractivity contribution in [2.75, 3.05) is 20.6 Å². The molecule has 5 nitrogen and oxygen atoms in total. The second-order valence-electron chi connectivity index (χ2n) is 5.93. The third-order valence-electron chi connectivity index (χ3n) is 4.00. The number of fused-ring (bicyclic) bond motifs is 1. The maximum absolute atomic E-state index is 11.5. The van der Waals surface area contributed by atoms with Crippen molar-refractivity contribution in [2.45, 2.75) is 13.5 Å². The first-order chi connectivity index (χ1) is 11.6. The van der Waals surface area contributed by atoms with Crippen molar-refractivity contribution in [3.63, 3.8) is 0 Å². The Morgan fingerprint density at radius 1 is 1.21 bits per heavy atom. The van der Waals surface area contributed by atoms with Crippen molar-refractivity contribution in [1.29, 1.82) is 0 Å². The largest absolute Gasteiger partial charge is 0.441 e. The number of nitrogens with one attached hydrogen (secondary N) is 1. The van der Waals surface area contributed by atoms with Crippen molar-refractivity contribution in [1.82, 2.24) is 15.2 Å². The Bertz CT molecular complexity index is 870. The lowest BCUT2D eigenvalue weighted by Crippen LogP contribution is -2.32. The van der Waals surface area contributed by atoms with E-state index in [0.717, 1.165) is 22.4 Å². The highest BCUT2D eigenvalue weighted by Gasteiger charge is 2.14. The van der Waals surface area contributed by atoms with E-state index in [0.29, 0.717) is 19.0 Å². The van der Waals surface area contributed by atoms with Crippen LogP contribution in [-0.4, -0.2) is 36.4 Å². The highest BCUT2D eigenvalue weighted by Crippen LogP contribution is 2.26. The number of hydrogen-bond donors (Lipinski definition) is 1. The number of aromatic nitrogens is 1. The standard InChI is InChI=1S/C19H21N3O2/c1-13-17(11-22(3)12-18(23)20-2)21-19(24-13)16-9-8-14-6-4-5-7-15(14)10-16/h4-10H,11-12H2,1-3H3,(H,20,23). The summed E-state index contributed by atoms with van der Waals surface area (Å²) in [6.45, 7) is 2.80. The van der Waals surface area contributed by atoms with Gasteiger partial charge in [0.15, 0.2) is 0 Å². The van der Waals surface area contributed by atoms with Gasteiger partial charge in [-0.2, -0.15) is 0 Å². The lowest BCUT2D eigenvalue weighted by atomic mass is 10.1. The van der Waals surface area contributed by atoms with Gasteiger partial charge in [0, 0.05) is 19.2 Å². The highest BCUT2D eigenvalue weighted by molar-refractivity contribution is 5.86. The predicted molar refractivity (Wildman–Crippen MR) is 94.6 cm³/mol. The lowest BCUT2D eigenvalue weighted by molar-refractivity contribution is -0.121. The second kappa shape index (κ2) is 6.84. The van der Waals surface area contributed by atoms with E-state index >= 15 is 0 Å². The zero-order chi connectivity index (χ0) is 17.1. The molecule has 0 saturated heterocycles. The summed E-state index contributed by atoms with van der Waals surface area (Å²) in [6.07, 6.45) is 0. The number of nitrogens with zero attached hydrogens (tertiary/aromatic N) is 2. The van der Waals surface area contributed by atoms with Gasteiger partial charge >= 0.3 is 0 Å². The first-order valence-corrected chi connectivity index (χ1v) is 7.91. The fourth-order valence-corrected chi connectivity index (χ4v) is 2.66. The predicted octanol–water partition coefficient (Wildman–Crippen LogP) is 2.98. The first kappa shape index (κ1) is 16.2. The van der Waals surface area contributed by atoms with E-state index in [1.807, 2.05) is 37.1 Å². The Labute approximate surface area is 141 Å². The molecule has 0 aliphatic heterocycles. The van der Waals surface area contributed by atoms with E-state index in [-0.39, 0.29) is 5.91 Å². The minimum atomic E-state index is -0.0200. The second-order valence-corrected chi connectivity index (χ2v) is 5.93. The van der Waals surface area contributed by atoms with Gasteiger partial charge < -0.3 is 9.73 Å². The molecule has 0 atom stereocenters. The molecule has 1 aromatic heterocycles. The van der Waals surface area contributed by atoms with Crippen LogP contribution in [0, 0.1) is 6.92 Å². The van der Waals surface area contributed by atoms with Crippen LogP contribution in [0.3, 0.4) is 0 Å². The molecule has 0 spiro atoms. The minimum Gasteiger partial charge on any atom is -0.441 e. The van der Waals surface area contributed by atoms with Gasteiger partial charge in [0.25, 0.3) is 0 Å². The maximum atomic E-state index is 11.5. The highest BCUT2D eigenvalue weighted by atomic mass is 16.4. The molecular formula is C19H21N3O2. The quantitative estimate of drug-likeness (QED) is 0.784. The number of carbonyl (C=O) groups is 1. The van der Waals surface area contributed by atoms with Crippen molar-refractivity contribution in [2.24, 2.45) is 0 Å². The maximum Gasteiger partial charge on any atom is 0.233 e. The van der Waals surface area contributed by atoms with Crippen molar-refractivity contribution >= 4 is 16.7 Å². The van der Waals surface area contributed by atoms with Crippen molar-refractivity contribution in [3.05, 3.63) is 53.9 Å². The van der Waals surface area contributed by atoms with Crippen LogP contribution in [0.15, 0.2) is 46.9 Å². The summed E-state index contributed by atoms with van der Waals surface area (Å²) in [4.78, 5) is 18.0. The van der Waals surface area contributed by atoms with Gasteiger partial charge in [-0.05, 0) is 36.9 Å². The Hall–Kier alpha value is -2.66. The average Bonchev–Trinajstić information content (AvgIpc) is 2.94. The van der Waals surface area contributed by atoms with Crippen molar-refractivity contribution < 1.29 is 9.21 Å². The van der Waals surface area contributed by atoms with E-state index in [1.54, 1.807) is 7.05 Å². The molecule has 0 bridgehead atoms. The van der Waals surface area contributed by atoms with E-state index in [2.05, 4.69) is 34.6 Å². The SMILES string of the molecule is CNC(=O)CN(C)Cc1nc(-c2ccc3ccccc3c2)oc1C. The number of aryl methyl sites for hydroxylation is 1. The Morgan fingerprint density at radius 3 is 2.71 bits per heavy atom.